The summed E-state index contributed by atoms with van der Waals surface area (Å²) in [4.78, 5) is 18.2. The summed E-state index contributed by atoms with van der Waals surface area (Å²) in [5.74, 6) is -1.95. The molecule has 8 nitrogen and oxygen atoms in total. The molecule has 8 heteroatoms. The molecule has 2 aliphatic rings. The average Bonchev–Trinajstić information content (AvgIpc) is 3.08. The monoisotopic (exact) mass is 353 g/mol. The molecule has 1 aromatic carbocycles. The number of hydrogen-bond donors (Lipinski definition) is 3. The minimum absolute atomic E-state index is 0.334. The Kier molecular flexibility index (Phi) is 7.03. The molecule has 1 heterocycles. The van der Waals surface area contributed by atoms with Gasteiger partial charge >= 0.3 is 11.9 Å². The van der Waals surface area contributed by atoms with Gasteiger partial charge in [0, 0.05) is 19.7 Å². The molecular formula is C17H23NO7. The van der Waals surface area contributed by atoms with Crippen LogP contribution in [0, 0.1) is 0 Å². The Balaban J connectivity index is 0.000000326. The molecule has 0 spiro atoms. The van der Waals surface area contributed by atoms with E-state index in [0.29, 0.717) is 18.9 Å². The second kappa shape index (κ2) is 9.24. The molecule has 1 aromatic rings. The van der Waals surface area contributed by atoms with E-state index in [1.165, 1.54) is 24.8 Å². The lowest BCUT2D eigenvalue weighted by atomic mass is 9.92. The highest BCUT2D eigenvalue weighted by molar-refractivity contribution is 6.27. The Morgan fingerprint density at radius 3 is 2.52 bits per heavy atom. The molecule has 0 amide bonds. The minimum atomic E-state index is -1.82. The van der Waals surface area contributed by atoms with Gasteiger partial charge in [-0.2, -0.15) is 0 Å². The van der Waals surface area contributed by atoms with Crippen LogP contribution in [0.4, 0.5) is 0 Å². The van der Waals surface area contributed by atoms with Crippen LogP contribution in [0.2, 0.25) is 0 Å². The summed E-state index contributed by atoms with van der Waals surface area (Å²) in [7, 11) is 1.81. The van der Waals surface area contributed by atoms with Crippen LogP contribution >= 0.6 is 0 Å². The highest BCUT2D eigenvalue weighted by atomic mass is 16.7. The summed E-state index contributed by atoms with van der Waals surface area (Å²) < 4.78 is 16.3. The van der Waals surface area contributed by atoms with Crippen molar-refractivity contribution in [2.24, 2.45) is 0 Å². The van der Waals surface area contributed by atoms with E-state index in [9.17, 15) is 0 Å². The van der Waals surface area contributed by atoms with Crippen molar-refractivity contribution in [1.29, 1.82) is 0 Å². The summed E-state index contributed by atoms with van der Waals surface area (Å²) in [6, 6.07) is 6.59. The Labute approximate surface area is 145 Å². The lowest BCUT2D eigenvalue weighted by molar-refractivity contribution is -0.159. The molecule has 1 saturated carbocycles. The molecule has 1 aliphatic heterocycles. The first-order valence-electron chi connectivity index (χ1n) is 8.12. The zero-order valence-electron chi connectivity index (χ0n) is 14.1. The van der Waals surface area contributed by atoms with Crippen molar-refractivity contribution in [2.45, 2.75) is 44.4 Å². The van der Waals surface area contributed by atoms with Gasteiger partial charge in [0.1, 0.15) is 0 Å². The number of benzene rings is 1. The van der Waals surface area contributed by atoms with Crippen molar-refractivity contribution in [1.82, 2.24) is 5.32 Å². The lowest BCUT2D eigenvalue weighted by Gasteiger charge is -2.31. The molecule has 1 aliphatic carbocycles. The van der Waals surface area contributed by atoms with Crippen LogP contribution in [0.5, 0.6) is 11.5 Å². The van der Waals surface area contributed by atoms with Gasteiger partial charge in [0.05, 0.1) is 6.10 Å². The van der Waals surface area contributed by atoms with E-state index in [0.717, 1.165) is 24.5 Å². The second-order valence-corrected chi connectivity index (χ2v) is 5.84. The van der Waals surface area contributed by atoms with E-state index in [2.05, 4.69) is 17.4 Å². The number of hydrogen-bond acceptors (Lipinski definition) is 6. The number of nitrogens with one attached hydrogen (secondary N) is 1. The topological polar surface area (TPSA) is 114 Å². The highest BCUT2D eigenvalue weighted by Gasteiger charge is 2.24. The van der Waals surface area contributed by atoms with Crippen molar-refractivity contribution < 1.29 is 34.0 Å². The van der Waals surface area contributed by atoms with Crippen LogP contribution < -0.4 is 14.8 Å². The number of rotatable bonds is 4. The third kappa shape index (κ3) is 5.61. The van der Waals surface area contributed by atoms with Crippen molar-refractivity contribution in [3.8, 4) is 11.5 Å². The largest absolute Gasteiger partial charge is 0.473 e. The van der Waals surface area contributed by atoms with E-state index >= 15 is 0 Å². The predicted molar refractivity (Wildman–Crippen MR) is 87.7 cm³/mol. The van der Waals surface area contributed by atoms with E-state index in [4.69, 9.17) is 34.0 Å². The van der Waals surface area contributed by atoms with Gasteiger partial charge in [-0.05, 0) is 30.5 Å². The molecule has 3 rings (SSSR count). The zero-order valence-corrected chi connectivity index (χ0v) is 14.1. The number of methoxy groups -OCH3 is 1. The SMILES string of the molecule is COC1CCCCC1NCc1ccc2c(c1)OCO2.O=C(O)C(=O)O. The maximum absolute atomic E-state index is 9.10. The summed E-state index contributed by atoms with van der Waals surface area (Å²) in [5.41, 5.74) is 1.23. The van der Waals surface area contributed by atoms with Crippen LogP contribution in [0.1, 0.15) is 31.2 Å². The Hall–Kier alpha value is -2.32. The van der Waals surface area contributed by atoms with E-state index in [1.54, 1.807) is 0 Å². The smallest absolute Gasteiger partial charge is 0.414 e. The first kappa shape index (κ1) is 19.0. The molecule has 3 N–H and O–H groups in total. The van der Waals surface area contributed by atoms with Gasteiger partial charge in [-0.1, -0.05) is 18.9 Å². The molecule has 1 fully saturated rings. The lowest BCUT2D eigenvalue weighted by Crippen LogP contribution is -2.42. The van der Waals surface area contributed by atoms with Gasteiger partial charge in [-0.25, -0.2) is 9.59 Å². The van der Waals surface area contributed by atoms with Crippen molar-refractivity contribution >= 4 is 11.9 Å². The zero-order chi connectivity index (χ0) is 18.2. The first-order valence-corrected chi connectivity index (χ1v) is 8.12. The summed E-state index contributed by atoms with van der Waals surface area (Å²) >= 11 is 0. The Bertz CT molecular complexity index is 593. The van der Waals surface area contributed by atoms with Crippen molar-refractivity contribution in [3.05, 3.63) is 23.8 Å². The van der Waals surface area contributed by atoms with Gasteiger partial charge in [0.15, 0.2) is 11.5 Å². The minimum Gasteiger partial charge on any atom is -0.473 e. The van der Waals surface area contributed by atoms with Gasteiger partial charge in [0.25, 0.3) is 0 Å². The molecular weight excluding hydrogens is 330 g/mol. The van der Waals surface area contributed by atoms with E-state index in [-0.39, 0.29) is 0 Å². The number of ether oxygens (including phenoxy) is 3. The average molecular weight is 353 g/mol. The first-order chi connectivity index (χ1) is 12.0. The molecule has 25 heavy (non-hydrogen) atoms. The van der Waals surface area contributed by atoms with Crippen LogP contribution in [0.25, 0.3) is 0 Å². The third-order valence-electron chi connectivity index (χ3n) is 4.19. The molecule has 0 saturated heterocycles. The highest BCUT2D eigenvalue weighted by Crippen LogP contribution is 2.32. The number of aliphatic carboxylic acids is 2. The third-order valence-corrected chi connectivity index (χ3v) is 4.19. The van der Waals surface area contributed by atoms with Crippen molar-refractivity contribution in [3.63, 3.8) is 0 Å². The van der Waals surface area contributed by atoms with Crippen LogP contribution in [-0.4, -0.2) is 48.2 Å². The fourth-order valence-corrected chi connectivity index (χ4v) is 2.91. The number of carboxylic acids is 2. The fourth-order valence-electron chi connectivity index (χ4n) is 2.91. The van der Waals surface area contributed by atoms with Gasteiger partial charge in [0.2, 0.25) is 6.79 Å². The quantitative estimate of drug-likeness (QED) is 0.700. The van der Waals surface area contributed by atoms with Gasteiger partial charge in [-0.3, -0.25) is 0 Å². The number of carbonyl (C=O) groups is 2. The molecule has 0 bridgehead atoms. The standard InChI is InChI=1S/C15H21NO3.C2H2O4/c1-17-13-5-3-2-4-12(13)16-9-11-6-7-14-15(8-11)19-10-18-14;3-1(4)2(5)6/h6-8,12-13,16H,2-5,9-10H2,1H3;(H,3,4)(H,5,6). The normalized spacial score (nSPS) is 21.2. The van der Waals surface area contributed by atoms with Crippen LogP contribution in [-0.2, 0) is 20.9 Å². The maximum Gasteiger partial charge on any atom is 0.414 e. The number of fused-ring (bicyclic) bond motifs is 1. The second-order valence-electron chi connectivity index (χ2n) is 5.84. The van der Waals surface area contributed by atoms with Gasteiger partial charge in [-0.15, -0.1) is 0 Å². The molecule has 2 unspecified atom stereocenters. The van der Waals surface area contributed by atoms with Crippen molar-refractivity contribution in [2.75, 3.05) is 13.9 Å². The maximum atomic E-state index is 9.10. The van der Waals surface area contributed by atoms with E-state index in [1.807, 2.05) is 13.2 Å². The molecule has 138 valence electrons. The molecule has 2 atom stereocenters. The van der Waals surface area contributed by atoms with Gasteiger partial charge < -0.3 is 29.7 Å². The summed E-state index contributed by atoms with van der Waals surface area (Å²) in [6.07, 6.45) is 5.28. The molecule has 0 aromatic heterocycles. The Morgan fingerprint density at radius 1 is 1.16 bits per heavy atom. The fraction of sp³-hybridized carbons (Fsp3) is 0.529. The summed E-state index contributed by atoms with van der Waals surface area (Å²) in [5, 5.41) is 18.4. The van der Waals surface area contributed by atoms with E-state index < -0.39 is 11.9 Å². The Morgan fingerprint density at radius 2 is 1.84 bits per heavy atom. The van der Waals surface area contributed by atoms with Crippen LogP contribution in [0.3, 0.4) is 0 Å². The summed E-state index contributed by atoms with van der Waals surface area (Å²) in [6.45, 7) is 1.18. The number of carboxylic acid groups (broad SMARTS) is 2. The predicted octanol–water partition coefficient (Wildman–Crippen LogP) is 1.62. The van der Waals surface area contributed by atoms with Crippen LogP contribution in [0.15, 0.2) is 18.2 Å². The molecule has 0 radical (unpaired) electrons.